The lowest BCUT2D eigenvalue weighted by atomic mass is 9.89. The molecule has 0 unspecified atom stereocenters. The van der Waals surface area contributed by atoms with E-state index in [1.54, 1.807) is 25.4 Å². The van der Waals surface area contributed by atoms with Gasteiger partial charge < -0.3 is 9.64 Å². The first-order chi connectivity index (χ1) is 11.5. The minimum atomic E-state index is -3.28. The molecule has 1 aromatic heterocycles. The molecule has 0 spiro atoms. The van der Waals surface area contributed by atoms with Crippen LogP contribution in [0.1, 0.15) is 24.3 Å². The number of anilines is 1. The Bertz CT molecular complexity index is 813. The number of hydrogen-bond donors (Lipinski definition) is 0. The van der Waals surface area contributed by atoms with Crippen LogP contribution in [-0.2, 0) is 9.84 Å². The predicted octanol–water partition coefficient (Wildman–Crippen LogP) is 2.88. The van der Waals surface area contributed by atoms with Crippen LogP contribution in [0.25, 0.3) is 0 Å². The van der Waals surface area contributed by atoms with Gasteiger partial charge in [-0.3, -0.25) is 0 Å². The lowest BCUT2D eigenvalue weighted by Crippen LogP contribution is -2.34. The fourth-order valence-corrected chi connectivity index (χ4v) is 4.15. The van der Waals surface area contributed by atoms with Crippen molar-refractivity contribution in [2.75, 3.05) is 31.4 Å². The third-order valence-electron chi connectivity index (χ3n) is 4.52. The highest BCUT2D eigenvalue weighted by Crippen LogP contribution is 2.36. The van der Waals surface area contributed by atoms with Gasteiger partial charge in [-0.15, -0.1) is 0 Å². The quantitative estimate of drug-likeness (QED) is 0.852. The number of pyridine rings is 1. The van der Waals surface area contributed by atoms with E-state index in [1.165, 1.54) is 11.8 Å². The van der Waals surface area contributed by atoms with Gasteiger partial charge in [0.25, 0.3) is 0 Å². The van der Waals surface area contributed by atoms with Gasteiger partial charge in [-0.2, -0.15) is 0 Å². The molecule has 1 aromatic carbocycles. The standard InChI is InChI=1S/C18H22N2O3S/c1-23-16-7-4-3-6-15(16)14-9-12-20(13-10-14)18-17(24(2,21)22)8-5-11-19-18/h3-8,11,14H,9-10,12-13H2,1-2H3. The van der Waals surface area contributed by atoms with Crippen molar-refractivity contribution in [1.82, 2.24) is 4.98 Å². The summed E-state index contributed by atoms with van der Waals surface area (Å²) in [6.07, 6.45) is 4.77. The zero-order valence-corrected chi connectivity index (χ0v) is 14.8. The molecule has 0 aliphatic carbocycles. The first-order valence-corrected chi connectivity index (χ1v) is 9.93. The fourth-order valence-electron chi connectivity index (χ4n) is 3.32. The minimum Gasteiger partial charge on any atom is -0.496 e. The number of piperidine rings is 1. The Morgan fingerprint density at radius 3 is 2.50 bits per heavy atom. The summed E-state index contributed by atoms with van der Waals surface area (Å²) in [4.78, 5) is 6.70. The van der Waals surface area contributed by atoms with Gasteiger partial charge in [-0.05, 0) is 42.5 Å². The summed E-state index contributed by atoms with van der Waals surface area (Å²) in [6, 6.07) is 11.4. The molecule has 2 heterocycles. The molecule has 0 bridgehead atoms. The predicted molar refractivity (Wildman–Crippen MR) is 94.5 cm³/mol. The van der Waals surface area contributed by atoms with Crippen LogP contribution in [0.2, 0.25) is 0 Å². The smallest absolute Gasteiger partial charge is 0.179 e. The number of nitrogens with zero attached hydrogens (tertiary/aromatic N) is 2. The van der Waals surface area contributed by atoms with Gasteiger partial charge in [0.1, 0.15) is 16.5 Å². The molecule has 128 valence electrons. The molecule has 2 aromatic rings. The summed E-state index contributed by atoms with van der Waals surface area (Å²) in [5.74, 6) is 1.91. The Morgan fingerprint density at radius 1 is 1.12 bits per heavy atom. The number of ether oxygens (including phenoxy) is 1. The van der Waals surface area contributed by atoms with Gasteiger partial charge in [-0.25, -0.2) is 13.4 Å². The fraction of sp³-hybridized carbons (Fsp3) is 0.389. The van der Waals surface area contributed by atoms with E-state index in [1.807, 2.05) is 18.2 Å². The molecule has 0 amide bonds. The van der Waals surface area contributed by atoms with Crippen molar-refractivity contribution >= 4 is 15.7 Å². The van der Waals surface area contributed by atoms with Crippen molar-refractivity contribution in [3.63, 3.8) is 0 Å². The van der Waals surface area contributed by atoms with E-state index in [-0.39, 0.29) is 0 Å². The van der Waals surface area contributed by atoms with Crippen molar-refractivity contribution in [2.45, 2.75) is 23.7 Å². The average Bonchev–Trinajstić information content (AvgIpc) is 2.61. The third-order valence-corrected chi connectivity index (χ3v) is 5.64. The second kappa shape index (κ2) is 6.81. The Hall–Kier alpha value is -2.08. The van der Waals surface area contributed by atoms with Crippen LogP contribution in [0.15, 0.2) is 47.5 Å². The van der Waals surface area contributed by atoms with Crippen molar-refractivity contribution in [2.24, 2.45) is 0 Å². The van der Waals surface area contributed by atoms with E-state index < -0.39 is 9.84 Å². The Morgan fingerprint density at radius 2 is 1.83 bits per heavy atom. The van der Waals surface area contributed by atoms with Crippen molar-refractivity contribution in [3.05, 3.63) is 48.2 Å². The van der Waals surface area contributed by atoms with Gasteiger partial charge in [0.2, 0.25) is 0 Å². The maximum absolute atomic E-state index is 12.0. The van der Waals surface area contributed by atoms with Gasteiger partial charge in [0.15, 0.2) is 9.84 Å². The molecule has 1 saturated heterocycles. The second-order valence-electron chi connectivity index (χ2n) is 6.10. The molecular weight excluding hydrogens is 324 g/mol. The molecular formula is C18H22N2O3S. The molecule has 1 aliphatic heterocycles. The molecule has 0 saturated carbocycles. The molecule has 1 fully saturated rings. The number of methoxy groups -OCH3 is 1. The van der Waals surface area contributed by atoms with Crippen LogP contribution in [0.4, 0.5) is 5.82 Å². The maximum atomic E-state index is 12.0. The van der Waals surface area contributed by atoms with Crippen LogP contribution in [-0.4, -0.2) is 39.9 Å². The zero-order valence-electron chi connectivity index (χ0n) is 14.0. The highest BCUT2D eigenvalue weighted by Gasteiger charge is 2.26. The van der Waals surface area contributed by atoms with Crippen LogP contribution in [0, 0.1) is 0 Å². The van der Waals surface area contributed by atoms with E-state index in [2.05, 4.69) is 16.0 Å². The Labute approximate surface area is 143 Å². The van der Waals surface area contributed by atoms with Gasteiger partial charge in [0.05, 0.1) is 7.11 Å². The van der Waals surface area contributed by atoms with E-state index >= 15 is 0 Å². The Kier molecular flexibility index (Phi) is 4.76. The summed E-state index contributed by atoms with van der Waals surface area (Å²) in [6.45, 7) is 1.56. The van der Waals surface area contributed by atoms with E-state index in [0.29, 0.717) is 16.6 Å². The van der Waals surface area contributed by atoms with Gasteiger partial charge in [0, 0.05) is 25.5 Å². The number of hydrogen-bond acceptors (Lipinski definition) is 5. The van der Waals surface area contributed by atoms with E-state index in [4.69, 9.17) is 4.74 Å². The highest BCUT2D eigenvalue weighted by atomic mass is 32.2. The molecule has 5 nitrogen and oxygen atoms in total. The number of benzene rings is 1. The molecule has 0 atom stereocenters. The van der Waals surface area contributed by atoms with Crippen LogP contribution in [0.5, 0.6) is 5.75 Å². The Balaban J connectivity index is 1.79. The number of sulfone groups is 1. The van der Waals surface area contributed by atoms with Crippen molar-refractivity contribution < 1.29 is 13.2 Å². The monoisotopic (exact) mass is 346 g/mol. The lowest BCUT2D eigenvalue weighted by molar-refractivity contribution is 0.397. The summed E-state index contributed by atoms with van der Waals surface area (Å²) >= 11 is 0. The molecule has 6 heteroatoms. The first kappa shape index (κ1) is 16.8. The summed E-state index contributed by atoms with van der Waals surface area (Å²) in [5, 5.41) is 0. The number of rotatable bonds is 4. The van der Waals surface area contributed by atoms with Crippen molar-refractivity contribution in [3.8, 4) is 5.75 Å². The molecule has 24 heavy (non-hydrogen) atoms. The molecule has 0 N–H and O–H groups in total. The van der Waals surface area contributed by atoms with Crippen molar-refractivity contribution in [1.29, 1.82) is 0 Å². The number of para-hydroxylation sites is 1. The largest absolute Gasteiger partial charge is 0.496 e. The molecule has 1 aliphatic rings. The van der Waals surface area contributed by atoms with Crippen LogP contribution >= 0.6 is 0 Å². The van der Waals surface area contributed by atoms with Gasteiger partial charge >= 0.3 is 0 Å². The minimum absolute atomic E-state index is 0.306. The lowest BCUT2D eigenvalue weighted by Gasteiger charge is -2.34. The average molecular weight is 346 g/mol. The van der Waals surface area contributed by atoms with Crippen LogP contribution < -0.4 is 9.64 Å². The van der Waals surface area contributed by atoms with E-state index in [9.17, 15) is 8.42 Å². The normalized spacial score (nSPS) is 16.2. The van der Waals surface area contributed by atoms with Crippen LogP contribution in [0.3, 0.4) is 0 Å². The number of aromatic nitrogens is 1. The summed E-state index contributed by atoms with van der Waals surface area (Å²) in [5.41, 5.74) is 1.23. The zero-order chi connectivity index (χ0) is 17.2. The third kappa shape index (κ3) is 3.38. The summed E-state index contributed by atoms with van der Waals surface area (Å²) in [7, 11) is -1.59. The maximum Gasteiger partial charge on any atom is 0.179 e. The highest BCUT2D eigenvalue weighted by molar-refractivity contribution is 7.90. The SMILES string of the molecule is COc1ccccc1C1CCN(c2ncccc2S(C)(=O)=O)CC1. The van der Waals surface area contributed by atoms with Gasteiger partial charge in [-0.1, -0.05) is 18.2 Å². The summed E-state index contributed by atoms with van der Waals surface area (Å²) < 4.78 is 29.4. The second-order valence-corrected chi connectivity index (χ2v) is 8.08. The molecule has 3 rings (SSSR count). The topological polar surface area (TPSA) is 59.5 Å². The molecule has 0 radical (unpaired) electrons. The van der Waals surface area contributed by atoms with E-state index in [0.717, 1.165) is 31.7 Å². The first-order valence-electron chi connectivity index (χ1n) is 8.03.